The summed E-state index contributed by atoms with van der Waals surface area (Å²) in [6.07, 6.45) is 9.05. The van der Waals surface area contributed by atoms with Gasteiger partial charge in [0.1, 0.15) is 0 Å². The Morgan fingerprint density at radius 1 is 1.10 bits per heavy atom. The van der Waals surface area contributed by atoms with E-state index in [1.165, 1.54) is 0 Å². The highest BCUT2D eigenvalue weighted by Crippen LogP contribution is 2.39. The molecule has 29 heavy (non-hydrogen) atoms. The lowest BCUT2D eigenvalue weighted by Crippen LogP contribution is -2.34. The average molecular weight is 399 g/mol. The molecule has 0 saturated carbocycles. The maximum absolute atomic E-state index is 13.3. The number of ether oxygens (including phenoxy) is 1. The number of benzene rings is 1. The van der Waals surface area contributed by atoms with Gasteiger partial charge in [-0.25, -0.2) is 0 Å². The van der Waals surface area contributed by atoms with E-state index in [0.717, 1.165) is 63.4 Å². The van der Waals surface area contributed by atoms with Crippen LogP contribution >= 0.6 is 0 Å². The summed E-state index contributed by atoms with van der Waals surface area (Å²) in [7, 11) is 0. The van der Waals surface area contributed by atoms with Gasteiger partial charge in [0.05, 0.1) is 23.5 Å². The van der Waals surface area contributed by atoms with Gasteiger partial charge in [0.2, 0.25) is 5.90 Å². The first-order valence-corrected chi connectivity index (χ1v) is 11.0. The molecule has 0 spiro atoms. The van der Waals surface area contributed by atoms with E-state index in [9.17, 15) is 4.79 Å². The lowest BCUT2D eigenvalue weighted by Gasteiger charge is -2.31. The van der Waals surface area contributed by atoms with Gasteiger partial charge in [-0.3, -0.25) is 4.79 Å². The molecule has 1 aromatic rings. The van der Waals surface area contributed by atoms with E-state index in [2.05, 4.69) is 32.0 Å². The van der Waals surface area contributed by atoms with Crippen molar-refractivity contribution >= 4 is 11.9 Å². The Labute approximate surface area is 175 Å². The quantitative estimate of drug-likeness (QED) is 0.402. The van der Waals surface area contributed by atoms with Crippen LogP contribution in [0.4, 0.5) is 0 Å². The predicted molar refractivity (Wildman–Crippen MR) is 114 cm³/mol. The number of carbonyl (C=O) groups excluding carboxylic acids is 1. The van der Waals surface area contributed by atoms with E-state index in [1.54, 1.807) is 12.1 Å². The van der Waals surface area contributed by atoms with Gasteiger partial charge in [-0.15, -0.1) is 0 Å². The zero-order valence-electron chi connectivity index (χ0n) is 18.1. The fraction of sp³-hybridized carbons (Fsp3) is 0.625. The number of hydrogen-bond acceptors (Lipinski definition) is 5. The van der Waals surface area contributed by atoms with E-state index in [1.807, 2.05) is 12.1 Å². The number of nitrogens with zero attached hydrogens (tertiary/aromatic N) is 2. The molecule has 1 aliphatic rings. The van der Waals surface area contributed by atoms with Crippen LogP contribution in [0.5, 0.6) is 0 Å². The molecular weight excluding hydrogens is 364 g/mol. The van der Waals surface area contributed by atoms with E-state index in [4.69, 9.17) is 14.8 Å². The van der Waals surface area contributed by atoms with Gasteiger partial charge in [-0.05, 0) is 37.0 Å². The van der Waals surface area contributed by atoms with Crippen LogP contribution in [0, 0.1) is 16.7 Å². The molecule has 2 rings (SSSR count). The Morgan fingerprint density at radius 3 is 2.14 bits per heavy atom. The minimum Gasteiger partial charge on any atom is -0.408 e. The third-order valence-corrected chi connectivity index (χ3v) is 5.72. The molecule has 5 nitrogen and oxygen atoms in total. The topological polar surface area (TPSA) is 71.7 Å². The molecule has 1 unspecified atom stereocenters. The van der Waals surface area contributed by atoms with Crippen LogP contribution in [-0.2, 0) is 14.4 Å². The van der Waals surface area contributed by atoms with Crippen molar-refractivity contribution in [3.63, 3.8) is 0 Å². The van der Waals surface area contributed by atoms with Crippen LogP contribution in [-0.4, -0.2) is 11.9 Å². The highest BCUT2D eigenvalue weighted by atomic mass is 16.7. The molecule has 0 N–H and O–H groups in total. The third-order valence-electron chi connectivity index (χ3n) is 5.72. The molecule has 158 valence electrons. The van der Waals surface area contributed by atoms with Crippen molar-refractivity contribution in [3.8, 4) is 6.07 Å². The molecule has 1 aromatic carbocycles. The third kappa shape index (κ3) is 6.32. The van der Waals surface area contributed by atoms with Gasteiger partial charge in [-0.1, -0.05) is 76.6 Å². The second-order valence-corrected chi connectivity index (χ2v) is 8.00. The molecule has 0 radical (unpaired) electrons. The van der Waals surface area contributed by atoms with Crippen LogP contribution < -0.4 is 0 Å². The number of carbonyl (C=O) groups is 1. The zero-order valence-corrected chi connectivity index (χ0v) is 18.1. The first-order valence-electron chi connectivity index (χ1n) is 11.0. The summed E-state index contributed by atoms with van der Waals surface area (Å²) in [6, 6.07) is 9.34. The van der Waals surface area contributed by atoms with Crippen LogP contribution in [0.25, 0.3) is 0 Å². The van der Waals surface area contributed by atoms with E-state index in [-0.39, 0.29) is 12.1 Å². The Hall–Kier alpha value is -2.35. The number of esters is 1. The molecule has 1 atom stereocenters. The van der Waals surface area contributed by atoms with Crippen molar-refractivity contribution < 1.29 is 14.4 Å². The SMILES string of the molecule is CCCCC(CCCC)(CCCC)C(=O)OC1=NOC(c2ccc(C#N)cc2)C1. The van der Waals surface area contributed by atoms with Crippen LogP contribution in [0.3, 0.4) is 0 Å². The maximum atomic E-state index is 13.3. The Balaban J connectivity index is 2.06. The molecule has 0 aliphatic carbocycles. The van der Waals surface area contributed by atoms with Gasteiger partial charge in [0, 0.05) is 0 Å². The Morgan fingerprint density at radius 2 is 1.66 bits per heavy atom. The van der Waals surface area contributed by atoms with E-state index >= 15 is 0 Å². The predicted octanol–water partition coefficient (Wildman–Crippen LogP) is 6.43. The number of nitriles is 1. The second kappa shape index (κ2) is 11.6. The van der Waals surface area contributed by atoms with Crippen LogP contribution in [0.15, 0.2) is 29.4 Å². The molecule has 5 heteroatoms. The smallest absolute Gasteiger partial charge is 0.318 e. The van der Waals surface area contributed by atoms with Gasteiger partial charge in [-0.2, -0.15) is 5.26 Å². The number of hydrogen-bond donors (Lipinski definition) is 0. The summed E-state index contributed by atoms with van der Waals surface area (Å²) in [6.45, 7) is 6.48. The Kier molecular flexibility index (Phi) is 9.18. The standard InChI is InChI=1S/C24H34N2O3/c1-4-7-14-24(15-8-5-2,16-9-6-3)23(27)28-22-17-21(29-26-22)20-12-10-19(18-25)11-13-20/h10-13,21H,4-9,14-17H2,1-3H3. The maximum Gasteiger partial charge on any atom is 0.318 e. The summed E-state index contributed by atoms with van der Waals surface area (Å²) in [5.41, 5.74) is 1.11. The summed E-state index contributed by atoms with van der Waals surface area (Å²) in [5.74, 6) is 0.217. The second-order valence-electron chi connectivity index (χ2n) is 8.00. The summed E-state index contributed by atoms with van der Waals surface area (Å²) in [4.78, 5) is 18.8. The fourth-order valence-corrected chi connectivity index (χ4v) is 3.81. The highest BCUT2D eigenvalue weighted by molar-refractivity contribution is 5.92. The van der Waals surface area contributed by atoms with E-state index in [0.29, 0.717) is 17.9 Å². The number of unbranched alkanes of at least 4 members (excludes halogenated alkanes) is 3. The summed E-state index contributed by atoms with van der Waals surface area (Å²) >= 11 is 0. The van der Waals surface area contributed by atoms with Crippen LogP contribution in [0.2, 0.25) is 0 Å². The molecule has 1 heterocycles. The minimum atomic E-state index is -0.420. The molecule has 0 aromatic heterocycles. The number of rotatable bonds is 11. The lowest BCUT2D eigenvalue weighted by molar-refractivity contribution is -0.149. The number of oxime groups is 1. The van der Waals surface area contributed by atoms with Crippen molar-refractivity contribution in [1.29, 1.82) is 5.26 Å². The van der Waals surface area contributed by atoms with Crippen molar-refractivity contribution in [2.75, 3.05) is 0 Å². The molecule has 0 amide bonds. The van der Waals surface area contributed by atoms with Gasteiger partial charge in [0.15, 0.2) is 6.10 Å². The van der Waals surface area contributed by atoms with Crippen molar-refractivity contribution in [3.05, 3.63) is 35.4 Å². The molecular formula is C24H34N2O3. The Bertz CT molecular complexity index is 697. The van der Waals surface area contributed by atoms with Gasteiger partial charge >= 0.3 is 5.97 Å². The van der Waals surface area contributed by atoms with Crippen molar-refractivity contribution in [2.24, 2.45) is 10.6 Å². The first kappa shape index (κ1) is 22.9. The molecule has 0 saturated heterocycles. The van der Waals surface area contributed by atoms with Gasteiger partial charge in [0.25, 0.3) is 0 Å². The van der Waals surface area contributed by atoms with Crippen LogP contribution in [0.1, 0.15) is 102 Å². The van der Waals surface area contributed by atoms with Crippen molar-refractivity contribution in [2.45, 2.75) is 91.1 Å². The fourth-order valence-electron chi connectivity index (χ4n) is 3.81. The normalized spacial score (nSPS) is 16.1. The molecule has 0 fully saturated rings. The van der Waals surface area contributed by atoms with Crippen molar-refractivity contribution in [1.82, 2.24) is 0 Å². The van der Waals surface area contributed by atoms with E-state index < -0.39 is 5.41 Å². The lowest BCUT2D eigenvalue weighted by atomic mass is 9.74. The summed E-state index contributed by atoms with van der Waals surface area (Å²) in [5, 5.41) is 13.0. The van der Waals surface area contributed by atoms with Gasteiger partial charge < -0.3 is 9.57 Å². The zero-order chi connectivity index (χ0) is 21.1. The monoisotopic (exact) mass is 398 g/mol. The summed E-state index contributed by atoms with van der Waals surface area (Å²) < 4.78 is 5.80. The first-order chi connectivity index (χ1) is 14.1. The molecule has 0 bridgehead atoms. The molecule has 1 aliphatic heterocycles. The largest absolute Gasteiger partial charge is 0.408 e. The minimum absolute atomic E-state index is 0.143. The highest BCUT2D eigenvalue weighted by Gasteiger charge is 2.40. The average Bonchev–Trinajstić information content (AvgIpc) is 3.22.